The lowest BCUT2D eigenvalue weighted by Crippen LogP contribution is -2.41. The van der Waals surface area contributed by atoms with E-state index in [0.29, 0.717) is 16.0 Å². The van der Waals surface area contributed by atoms with Crippen molar-refractivity contribution in [3.05, 3.63) is 52.4 Å². The summed E-state index contributed by atoms with van der Waals surface area (Å²) < 4.78 is 15.5. The van der Waals surface area contributed by atoms with Crippen molar-refractivity contribution in [2.45, 2.75) is 6.54 Å². The first kappa shape index (κ1) is 18.5. The molecule has 0 atom stereocenters. The molecule has 25 heavy (non-hydrogen) atoms. The lowest BCUT2D eigenvalue weighted by molar-refractivity contribution is -0.123. The van der Waals surface area contributed by atoms with Crippen LogP contribution in [0.25, 0.3) is 0 Å². The Morgan fingerprint density at radius 1 is 1.24 bits per heavy atom. The van der Waals surface area contributed by atoms with E-state index in [9.17, 15) is 14.4 Å². The predicted molar refractivity (Wildman–Crippen MR) is 90.1 cm³/mol. The molecule has 8 nitrogen and oxygen atoms in total. The monoisotopic (exact) mass is 410 g/mol. The van der Waals surface area contributed by atoms with Gasteiger partial charge in [-0.1, -0.05) is 0 Å². The molecule has 0 saturated carbocycles. The highest BCUT2D eigenvalue weighted by molar-refractivity contribution is 9.10. The van der Waals surface area contributed by atoms with E-state index in [0.717, 1.165) is 0 Å². The number of halogens is 1. The number of nitrogens with one attached hydrogen (secondary N) is 2. The first-order valence-corrected chi connectivity index (χ1v) is 7.89. The van der Waals surface area contributed by atoms with Crippen molar-refractivity contribution in [1.29, 1.82) is 0 Å². The van der Waals surface area contributed by atoms with Crippen LogP contribution in [0.4, 0.5) is 4.79 Å². The normalized spacial score (nSPS) is 10.0. The summed E-state index contributed by atoms with van der Waals surface area (Å²) in [5, 5.41) is 4.47. The van der Waals surface area contributed by atoms with Crippen molar-refractivity contribution < 1.29 is 28.3 Å². The van der Waals surface area contributed by atoms with Crippen LogP contribution in [0.3, 0.4) is 0 Å². The average molecular weight is 411 g/mol. The molecule has 0 bridgehead atoms. The molecule has 2 rings (SSSR count). The van der Waals surface area contributed by atoms with E-state index in [2.05, 4.69) is 21.2 Å². The molecular formula is C16H15BrN2O6. The van der Waals surface area contributed by atoms with Gasteiger partial charge in [-0.15, -0.1) is 0 Å². The van der Waals surface area contributed by atoms with Crippen LogP contribution in [-0.2, 0) is 16.1 Å². The molecule has 0 aliphatic rings. The summed E-state index contributed by atoms with van der Waals surface area (Å²) in [6, 6.07) is 7.23. The van der Waals surface area contributed by atoms with Crippen LogP contribution >= 0.6 is 15.9 Å². The third-order valence-electron chi connectivity index (χ3n) is 2.98. The van der Waals surface area contributed by atoms with E-state index in [4.69, 9.17) is 13.9 Å². The zero-order valence-corrected chi connectivity index (χ0v) is 14.8. The molecule has 0 aliphatic carbocycles. The van der Waals surface area contributed by atoms with Gasteiger partial charge in [0.25, 0.3) is 5.91 Å². The van der Waals surface area contributed by atoms with Gasteiger partial charge in [-0.2, -0.15) is 0 Å². The molecule has 0 unspecified atom stereocenters. The first-order chi connectivity index (χ1) is 12.0. The minimum Gasteiger partial charge on any atom is -0.496 e. The van der Waals surface area contributed by atoms with E-state index in [1.807, 2.05) is 5.32 Å². The summed E-state index contributed by atoms with van der Waals surface area (Å²) in [6.45, 7) is -0.456. The van der Waals surface area contributed by atoms with Crippen molar-refractivity contribution in [2.75, 3.05) is 13.7 Å². The summed E-state index contributed by atoms with van der Waals surface area (Å²) in [5.74, 6) is -0.353. The van der Waals surface area contributed by atoms with E-state index >= 15 is 0 Å². The molecule has 1 heterocycles. The molecule has 0 aliphatic heterocycles. The number of hydrogen-bond donors (Lipinski definition) is 2. The predicted octanol–water partition coefficient (Wildman–Crippen LogP) is 2.23. The Morgan fingerprint density at radius 2 is 2.04 bits per heavy atom. The van der Waals surface area contributed by atoms with Crippen molar-refractivity contribution >= 4 is 33.8 Å². The molecule has 132 valence electrons. The number of amides is 3. The van der Waals surface area contributed by atoms with Crippen molar-refractivity contribution in [2.24, 2.45) is 0 Å². The van der Waals surface area contributed by atoms with Gasteiger partial charge in [0.2, 0.25) is 0 Å². The highest BCUT2D eigenvalue weighted by Gasteiger charge is 2.14. The molecule has 0 fully saturated rings. The quantitative estimate of drug-likeness (QED) is 0.707. The first-order valence-electron chi connectivity index (χ1n) is 7.10. The average Bonchev–Trinajstić information content (AvgIpc) is 3.11. The van der Waals surface area contributed by atoms with Crippen LogP contribution in [-0.4, -0.2) is 31.6 Å². The summed E-state index contributed by atoms with van der Waals surface area (Å²) in [7, 11) is 1.50. The maximum Gasteiger partial charge on any atom is 0.338 e. The number of rotatable bonds is 6. The molecule has 0 saturated heterocycles. The second-order valence-electron chi connectivity index (χ2n) is 4.74. The Hall–Kier alpha value is -2.81. The van der Waals surface area contributed by atoms with Crippen LogP contribution < -0.4 is 15.4 Å². The highest BCUT2D eigenvalue weighted by Crippen LogP contribution is 2.25. The Labute approximate surface area is 151 Å². The van der Waals surface area contributed by atoms with Crippen LogP contribution in [0, 0.1) is 0 Å². The third kappa shape index (κ3) is 5.64. The van der Waals surface area contributed by atoms with Crippen LogP contribution in [0.5, 0.6) is 5.75 Å². The van der Waals surface area contributed by atoms with Gasteiger partial charge < -0.3 is 19.2 Å². The Balaban J connectivity index is 1.76. The number of imide groups is 1. The number of methoxy groups -OCH3 is 1. The van der Waals surface area contributed by atoms with Gasteiger partial charge in [0.1, 0.15) is 11.5 Å². The molecule has 1 aromatic carbocycles. The second-order valence-corrected chi connectivity index (χ2v) is 5.59. The fourth-order valence-electron chi connectivity index (χ4n) is 1.80. The summed E-state index contributed by atoms with van der Waals surface area (Å²) in [5.41, 5.74) is 0.239. The number of urea groups is 1. The number of benzene rings is 1. The van der Waals surface area contributed by atoms with E-state index < -0.39 is 24.5 Å². The second kappa shape index (κ2) is 8.88. The topological polar surface area (TPSA) is 107 Å². The van der Waals surface area contributed by atoms with Gasteiger partial charge >= 0.3 is 12.0 Å². The number of carbonyl (C=O) groups excluding carboxylic acids is 3. The lowest BCUT2D eigenvalue weighted by atomic mass is 10.2. The van der Waals surface area contributed by atoms with Gasteiger partial charge in [-0.25, -0.2) is 9.59 Å². The van der Waals surface area contributed by atoms with Crippen molar-refractivity contribution in [3.63, 3.8) is 0 Å². The Morgan fingerprint density at radius 3 is 2.68 bits per heavy atom. The number of carbonyl (C=O) groups is 3. The Bertz CT molecular complexity index is 760. The minimum atomic E-state index is -0.752. The zero-order valence-electron chi connectivity index (χ0n) is 13.2. The summed E-state index contributed by atoms with van der Waals surface area (Å²) in [6.07, 6.45) is 1.47. The molecular weight excluding hydrogens is 396 g/mol. The molecule has 9 heteroatoms. The zero-order chi connectivity index (χ0) is 18.2. The largest absolute Gasteiger partial charge is 0.496 e. The molecule has 2 N–H and O–H groups in total. The van der Waals surface area contributed by atoms with Gasteiger partial charge in [-0.05, 0) is 46.3 Å². The van der Waals surface area contributed by atoms with Crippen molar-refractivity contribution in [1.82, 2.24) is 10.6 Å². The fourth-order valence-corrected chi connectivity index (χ4v) is 2.34. The van der Waals surface area contributed by atoms with Gasteiger partial charge in [0, 0.05) is 0 Å². The summed E-state index contributed by atoms with van der Waals surface area (Å²) >= 11 is 3.25. The lowest BCUT2D eigenvalue weighted by Gasteiger charge is -2.08. The van der Waals surface area contributed by atoms with E-state index in [1.54, 1.807) is 18.2 Å². The number of furan rings is 1. The number of hydrogen-bond acceptors (Lipinski definition) is 6. The summed E-state index contributed by atoms with van der Waals surface area (Å²) in [4.78, 5) is 35.0. The van der Waals surface area contributed by atoms with Crippen molar-refractivity contribution in [3.8, 4) is 5.75 Å². The standard InChI is InChI=1S/C16H15BrN2O6/c1-23-13-5-4-10(7-12(13)17)15(21)25-9-14(20)19-16(22)18-8-11-3-2-6-24-11/h2-7H,8-9H2,1H3,(H2,18,19,20,22). The van der Waals surface area contributed by atoms with Gasteiger partial charge in [0.05, 0.1) is 30.0 Å². The van der Waals surface area contributed by atoms with Crippen LogP contribution in [0.15, 0.2) is 45.5 Å². The molecule has 3 amide bonds. The van der Waals surface area contributed by atoms with Gasteiger partial charge in [-0.3, -0.25) is 10.1 Å². The van der Waals surface area contributed by atoms with E-state index in [1.165, 1.54) is 25.5 Å². The maximum atomic E-state index is 11.9. The highest BCUT2D eigenvalue weighted by atomic mass is 79.9. The molecule has 1 aromatic heterocycles. The molecule has 2 aromatic rings. The smallest absolute Gasteiger partial charge is 0.338 e. The van der Waals surface area contributed by atoms with Crippen LogP contribution in [0.1, 0.15) is 16.1 Å². The fraction of sp³-hybridized carbons (Fsp3) is 0.188. The SMILES string of the molecule is COc1ccc(C(=O)OCC(=O)NC(=O)NCc2ccco2)cc1Br. The maximum absolute atomic E-state index is 11.9. The third-order valence-corrected chi connectivity index (χ3v) is 3.60. The number of ether oxygens (including phenoxy) is 2. The van der Waals surface area contributed by atoms with Gasteiger partial charge in [0.15, 0.2) is 6.61 Å². The Kier molecular flexibility index (Phi) is 6.58. The molecule has 0 radical (unpaired) electrons. The van der Waals surface area contributed by atoms with E-state index in [-0.39, 0.29) is 12.1 Å². The minimum absolute atomic E-state index is 0.131. The van der Waals surface area contributed by atoms with Crippen LogP contribution in [0.2, 0.25) is 0 Å². The number of esters is 1. The molecule has 0 spiro atoms.